The van der Waals surface area contributed by atoms with Crippen LogP contribution in [0.1, 0.15) is 21.5 Å². The number of benzene rings is 2. The van der Waals surface area contributed by atoms with Gasteiger partial charge in [0.05, 0.1) is 19.1 Å². The molecule has 2 aromatic carbocycles. The quantitative estimate of drug-likeness (QED) is 0.911. The second-order valence-corrected chi connectivity index (χ2v) is 5.09. The smallest absolute Gasteiger partial charge is 0.259 e. The van der Waals surface area contributed by atoms with Crippen LogP contribution in [0.15, 0.2) is 42.5 Å². The second kappa shape index (κ2) is 5.89. The Morgan fingerprint density at radius 1 is 1.18 bits per heavy atom. The van der Waals surface area contributed by atoms with E-state index in [4.69, 9.17) is 4.74 Å². The number of ether oxygens (including phenoxy) is 1. The maximum atomic E-state index is 12.4. The second-order valence-electron chi connectivity index (χ2n) is 5.09. The largest absolute Gasteiger partial charge is 0.496 e. The van der Waals surface area contributed by atoms with E-state index >= 15 is 0 Å². The average molecular weight is 296 g/mol. The zero-order chi connectivity index (χ0) is 15.5. The summed E-state index contributed by atoms with van der Waals surface area (Å²) in [4.78, 5) is 23.7. The van der Waals surface area contributed by atoms with Crippen LogP contribution in [-0.4, -0.2) is 18.9 Å². The van der Waals surface area contributed by atoms with Gasteiger partial charge in [0.15, 0.2) is 0 Å². The molecular formula is C17H16N2O3. The number of fused-ring (bicyclic) bond motifs is 1. The number of carbonyl (C=O) groups excluding carboxylic acids is 2. The van der Waals surface area contributed by atoms with Crippen molar-refractivity contribution in [2.45, 2.75) is 13.0 Å². The molecule has 112 valence electrons. The third-order valence-electron chi connectivity index (χ3n) is 3.64. The molecule has 3 rings (SSSR count). The first-order valence-corrected chi connectivity index (χ1v) is 7.00. The Morgan fingerprint density at radius 3 is 2.82 bits per heavy atom. The molecule has 0 aromatic heterocycles. The van der Waals surface area contributed by atoms with Gasteiger partial charge < -0.3 is 15.4 Å². The molecule has 1 aliphatic rings. The summed E-state index contributed by atoms with van der Waals surface area (Å²) in [7, 11) is 1.54. The van der Waals surface area contributed by atoms with Crippen LogP contribution in [0.3, 0.4) is 0 Å². The molecule has 1 aliphatic heterocycles. The third kappa shape index (κ3) is 2.79. The monoisotopic (exact) mass is 296 g/mol. The van der Waals surface area contributed by atoms with E-state index < -0.39 is 0 Å². The highest BCUT2D eigenvalue weighted by Gasteiger charge is 2.16. The first kappa shape index (κ1) is 14.1. The zero-order valence-corrected chi connectivity index (χ0v) is 12.2. The van der Waals surface area contributed by atoms with Crippen molar-refractivity contribution in [3.8, 4) is 5.75 Å². The molecule has 0 unspecified atom stereocenters. The molecule has 0 atom stereocenters. The highest BCUT2D eigenvalue weighted by atomic mass is 16.5. The fraction of sp³-hybridized carbons (Fsp3) is 0.176. The Hall–Kier alpha value is -2.82. The molecule has 0 saturated carbocycles. The Bertz CT molecular complexity index is 740. The number of methoxy groups -OCH3 is 1. The summed E-state index contributed by atoms with van der Waals surface area (Å²) < 4.78 is 5.20. The van der Waals surface area contributed by atoms with Crippen LogP contribution in [0.5, 0.6) is 5.75 Å². The molecule has 2 amide bonds. The number of para-hydroxylation sites is 1. The lowest BCUT2D eigenvalue weighted by Gasteiger charge is -2.18. The van der Waals surface area contributed by atoms with Crippen molar-refractivity contribution in [3.05, 3.63) is 59.2 Å². The first-order chi connectivity index (χ1) is 10.7. The van der Waals surface area contributed by atoms with Crippen LogP contribution in [-0.2, 0) is 17.8 Å². The van der Waals surface area contributed by atoms with E-state index in [-0.39, 0.29) is 11.8 Å². The van der Waals surface area contributed by atoms with Crippen molar-refractivity contribution in [1.29, 1.82) is 0 Å². The van der Waals surface area contributed by atoms with Crippen LogP contribution in [0.4, 0.5) is 5.69 Å². The van der Waals surface area contributed by atoms with Crippen molar-refractivity contribution >= 4 is 17.5 Å². The fourth-order valence-corrected chi connectivity index (χ4v) is 2.50. The van der Waals surface area contributed by atoms with Crippen molar-refractivity contribution in [2.75, 3.05) is 12.4 Å². The maximum Gasteiger partial charge on any atom is 0.259 e. The summed E-state index contributed by atoms with van der Waals surface area (Å²) in [5, 5.41) is 5.66. The van der Waals surface area contributed by atoms with Crippen molar-refractivity contribution < 1.29 is 14.3 Å². The van der Waals surface area contributed by atoms with Crippen LogP contribution < -0.4 is 15.4 Å². The van der Waals surface area contributed by atoms with E-state index in [0.717, 1.165) is 11.1 Å². The highest BCUT2D eigenvalue weighted by Crippen LogP contribution is 2.22. The molecule has 0 bridgehead atoms. The highest BCUT2D eigenvalue weighted by molar-refractivity contribution is 6.06. The third-order valence-corrected chi connectivity index (χ3v) is 3.64. The molecule has 0 saturated heterocycles. The molecule has 1 heterocycles. The normalized spacial score (nSPS) is 13.0. The minimum atomic E-state index is -0.225. The number of rotatable bonds is 3. The molecular weight excluding hydrogens is 280 g/mol. The summed E-state index contributed by atoms with van der Waals surface area (Å²) in [5.41, 5.74) is 3.21. The number of hydrogen-bond acceptors (Lipinski definition) is 3. The van der Waals surface area contributed by atoms with E-state index in [0.29, 0.717) is 30.0 Å². The minimum absolute atomic E-state index is 0.0262. The van der Waals surface area contributed by atoms with Gasteiger partial charge in [-0.1, -0.05) is 18.2 Å². The van der Waals surface area contributed by atoms with Gasteiger partial charge in [0.1, 0.15) is 5.75 Å². The molecule has 5 heteroatoms. The number of carbonyl (C=O) groups is 2. The summed E-state index contributed by atoms with van der Waals surface area (Å²) >= 11 is 0. The molecule has 5 nitrogen and oxygen atoms in total. The van der Waals surface area contributed by atoms with Gasteiger partial charge in [-0.05, 0) is 35.4 Å². The minimum Gasteiger partial charge on any atom is -0.496 e. The van der Waals surface area contributed by atoms with Gasteiger partial charge in [-0.25, -0.2) is 0 Å². The van der Waals surface area contributed by atoms with Crippen molar-refractivity contribution in [1.82, 2.24) is 5.32 Å². The lowest BCUT2D eigenvalue weighted by Crippen LogP contribution is -2.30. The number of amides is 2. The van der Waals surface area contributed by atoms with Gasteiger partial charge in [-0.15, -0.1) is 0 Å². The summed E-state index contributed by atoms with van der Waals surface area (Å²) in [6.45, 7) is 0.493. The van der Waals surface area contributed by atoms with Gasteiger partial charge in [-0.3, -0.25) is 9.59 Å². The SMILES string of the molecule is COc1ccccc1C(=O)Nc1ccc2c(c1)CNC(=O)C2. The molecule has 2 N–H and O–H groups in total. The van der Waals surface area contributed by atoms with E-state index in [1.807, 2.05) is 24.3 Å². The van der Waals surface area contributed by atoms with Crippen LogP contribution >= 0.6 is 0 Å². The number of nitrogens with one attached hydrogen (secondary N) is 2. The van der Waals surface area contributed by atoms with Gasteiger partial charge in [-0.2, -0.15) is 0 Å². The standard InChI is InChI=1S/C17H16N2O3/c1-22-15-5-3-2-4-14(15)17(21)19-13-7-6-11-9-16(20)18-10-12(11)8-13/h2-8H,9-10H2,1H3,(H,18,20)(H,19,21). The molecule has 22 heavy (non-hydrogen) atoms. The first-order valence-electron chi connectivity index (χ1n) is 7.00. The van der Waals surface area contributed by atoms with E-state index in [9.17, 15) is 9.59 Å². The Labute approximate surface area is 128 Å². The fourth-order valence-electron chi connectivity index (χ4n) is 2.50. The Morgan fingerprint density at radius 2 is 2.00 bits per heavy atom. The van der Waals surface area contributed by atoms with Crippen molar-refractivity contribution in [3.63, 3.8) is 0 Å². The molecule has 0 aliphatic carbocycles. The van der Waals surface area contributed by atoms with Crippen molar-refractivity contribution in [2.24, 2.45) is 0 Å². The summed E-state index contributed by atoms with van der Waals surface area (Å²) in [6.07, 6.45) is 0.385. The maximum absolute atomic E-state index is 12.4. The van der Waals surface area contributed by atoms with Crippen LogP contribution in [0, 0.1) is 0 Å². The molecule has 2 aromatic rings. The van der Waals surface area contributed by atoms with Gasteiger partial charge in [0, 0.05) is 12.2 Å². The molecule has 0 spiro atoms. The summed E-state index contributed by atoms with van der Waals surface area (Å²) in [6, 6.07) is 12.7. The predicted octanol–water partition coefficient (Wildman–Crippen LogP) is 2.12. The Kier molecular flexibility index (Phi) is 3.78. The lowest BCUT2D eigenvalue weighted by atomic mass is 10.00. The van der Waals surface area contributed by atoms with Crippen LogP contribution in [0.25, 0.3) is 0 Å². The lowest BCUT2D eigenvalue weighted by molar-refractivity contribution is -0.121. The molecule has 0 radical (unpaired) electrons. The topological polar surface area (TPSA) is 67.4 Å². The predicted molar refractivity (Wildman–Crippen MR) is 82.9 cm³/mol. The van der Waals surface area contributed by atoms with Gasteiger partial charge in [0.2, 0.25) is 5.91 Å². The van der Waals surface area contributed by atoms with Gasteiger partial charge in [0.25, 0.3) is 5.91 Å². The molecule has 0 fully saturated rings. The number of anilines is 1. The van der Waals surface area contributed by atoms with Gasteiger partial charge >= 0.3 is 0 Å². The summed E-state index contributed by atoms with van der Waals surface area (Å²) in [5.74, 6) is 0.334. The van der Waals surface area contributed by atoms with Crippen LogP contribution in [0.2, 0.25) is 0 Å². The average Bonchev–Trinajstić information content (AvgIpc) is 2.55. The number of hydrogen-bond donors (Lipinski definition) is 2. The van der Waals surface area contributed by atoms with E-state index in [1.54, 1.807) is 18.2 Å². The Balaban J connectivity index is 1.81. The zero-order valence-electron chi connectivity index (χ0n) is 12.2. The van der Waals surface area contributed by atoms with E-state index in [1.165, 1.54) is 7.11 Å². The van der Waals surface area contributed by atoms with E-state index in [2.05, 4.69) is 10.6 Å².